The molecule has 2 saturated heterocycles. The molecule has 2 heterocycles. The Bertz CT molecular complexity index is 525. The van der Waals surface area contributed by atoms with Crippen LogP contribution in [0.2, 0.25) is 0 Å². The zero-order valence-corrected chi connectivity index (χ0v) is 21.1. The molecule has 2 fully saturated rings. The number of carbonyl (C=O) groups excluding carboxylic acids is 1. The van der Waals surface area contributed by atoms with Gasteiger partial charge in [-0.05, 0) is 52.9 Å². The summed E-state index contributed by atoms with van der Waals surface area (Å²) in [6.45, 7) is 16.5. The van der Waals surface area contributed by atoms with E-state index in [-0.39, 0.29) is 23.2 Å². The first-order valence-corrected chi connectivity index (χ1v) is 12.8. The van der Waals surface area contributed by atoms with E-state index in [1.807, 2.05) is 0 Å². The number of nitrogens with zero attached hydrogens (tertiary/aromatic N) is 1. The van der Waals surface area contributed by atoms with Gasteiger partial charge in [0.15, 0.2) is 5.60 Å². The number of piperidine rings is 1. The van der Waals surface area contributed by atoms with E-state index in [4.69, 9.17) is 4.74 Å². The minimum absolute atomic E-state index is 0.0334. The Morgan fingerprint density at radius 2 is 1.57 bits per heavy atom. The number of rotatable bonds is 12. The second kappa shape index (κ2) is 10.8. The van der Waals surface area contributed by atoms with E-state index in [0.29, 0.717) is 0 Å². The van der Waals surface area contributed by atoms with Crippen molar-refractivity contribution in [3.63, 3.8) is 0 Å². The van der Waals surface area contributed by atoms with Crippen molar-refractivity contribution in [2.24, 2.45) is 5.92 Å². The molecule has 2 aliphatic rings. The number of hydrogen-bond acceptors (Lipinski definition) is 3. The van der Waals surface area contributed by atoms with E-state index in [2.05, 4.69) is 58.7 Å². The summed E-state index contributed by atoms with van der Waals surface area (Å²) in [5.41, 5.74) is -0.848. The van der Waals surface area contributed by atoms with E-state index in [1.54, 1.807) is 0 Å². The average Bonchev–Trinajstić information content (AvgIpc) is 2.83. The van der Waals surface area contributed by atoms with Crippen molar-refractivity contribution in [1.29, 1.82) is 0 Å². The van der Waals surface area contributed by atoms with Crippen molar-refractivity contribution >= 4 is 5.91 Å². The maximum Gasteiger partial charge on any atom is 0.257 e. The third-order valence-corrected chi connectivity index (χ3v) is 6.73. The van der Waals surface area contributed by atoms with Crippen LogP contribution in [0, 0.1) is 5.92 Å². The zero-order chi connectivity index (χ0) is 22.4. The molecule has 0 bridgehead atoms. The summed E-state index contributed by atoms with van der Waals surface area (Å²) in [7, 11) is 0. The molecule has 176 valence electrons. The molecule has 1 amide bonds. The molecule has 0 aromatic rings. The van der Waals surface area contributed by atoms with Gasteiger partial charge < -0.3 is 15.0 Å². The molecule has 0 aromatic carbocycles. The van der Waals surface area contributed by atoms with Crippen LogP contribution in [-0.2, 0) is 9.53 Å². The fourth-order valence-electron chi connectivity index (χ4n) is 5.89. The smallest absolute Gasteiger partial charge is 0.257 e. The number of hydrogen-bond donors (Lipinski definition) is 1. The summed E-state index contributed by atoms with van der Waals surface area (Å²) in [4.78, 5) is 15.8. The predicted octanol–water partition coefficient (Wildman–Crippen LogP) is 6.43. The fraction of sp³-hybridized carbons (Fsp3) is 0.962. The van der Waals surface area contributed by atoms with Crippen LogP contribution in [0.1, 0.15) is 126 Å². The molecule has 2 rings (SSSR count). The molecule has 30 heavy (non-hydrogen) atoms. The number of ether oxygens (including phenoxy) is 1. The zero-order valence-electron chi connectivity index (χ0n) is 21.1. The highest BCUT2D eigenvalue weighted by Gasteiger charge is 2.59. The normalized spacial score (nSPS) is 24.9. The molecule has 0 saturated carbocycles. The molecule has 1 spiro atoms. The van der Waals surface area contributed by atoms with Crippen LogP contribution in [-0.4, -0.2) is 40.3 Å². The van der Waals surface area contributed by atoms with E-state index in [0.717, 1.165) is 44.6 Å². The average molecular weight is 423 g/mol. The van der Waals surface area contributed by atoms with Crippen molar-refractivity contribution in [1.82, 2.24) is 10.2 Å². The minimum Gasteiger partial charge on any atom is -0.342 e. The van der Waals surface area contributed by atoms with Gasteiger partial charge in [-0.15, -0.1) is 0 Å². The second-order valence-corrected chi connectivity index (χ2v) is 11.8. The van der Waals surface area contributed by atoms with E-state index in [9.17, 15) is 4.79 Å². The molecule has 4 heteroatoms. The largest absolute Gasteiger partial charge is 0.342 e. The minimum atomic E-state index is -0.648. The Balaban J connectivity index is 2.02. The van der Waals surface area contributed by atoms with Gasteiger partial charge >= 0.3 is 0 Å². The lowest BCUT2D eigenvalue weighted by Crippen LogP contribution is -2.65. The van der Waals surface area contributed by atoms with Crippen molar-refractivity contribution in [3.05, 3.63) is 0 Å². The van der Waals surface area contributed by atoms with Crippen molar-refractivity contribution in [3.8, 4) is 0 Å². The van der Waals surface area contributed by atoms with Crippen LogP contribution in [0.3, 0.4) is 0 Å². The number of amides is 1. The molecule has 0 radical (unpaired) electrons. The maximum absolute atomic E-state index is 13.7. The first kappa shape index (κ1) is 25.6. The van der Waals surface area contributed by atoms with Gasteiger partial charge in [-0.1, -0.05) is 65.7 Å². The summed E-state index contributed by atoms with van der Waals surface area (Å²) in [5, 5.41) is 3.72. The number of unbranched alkanes of at least 4 members (excludes halogenated alkanes) is 6. The summed E-state index contributed by atoms with van der Waals surface area (Å²) < 4.78 is 6.72. The van der Waals surface area contributed by atoms with Gasteiger partial charge in [0.25, 0.3) is 5.91 Å². The van der Waals surface area contributed by atoms with Gasteiger partial charge in [0.05, 0.1) is 0 Å². The molecule has 0 aliphatic carbocycles. The van der Waals surface area contributed by atoms with Crippen LogP contribution in [0.5, 0.6) is 0 Å². The topological polar surface area (TPSA) is 41.6 Å². The van der Waals surface area contributed by atoms with E-state index >= 15 is 0 Å². The highest BCUT2D eigenvalue weighted by atomic mass is 16.5. The Kier molecular flexibility index (Phi) is 9.24. The van der Waals surface area contributed by atoms with Crippen molar-refractivity contribution in [2.45, 2.75) is 148 Å². The van der Waals surface area contributed by atoms with Gasteiger partial charge in [0, 0.05) is 30.5 Å². The molecule has 1 unspecified atom stereocenters. The monoisotopic (exact) mass is 422 g/mol. The van der Waals surface area contributed by atoms with Gasteiger partial charge in [-0.2, -0.15) is 0 Å². The Morgan fingerprint density at radius 3 is 2.17 bits per heavy atom. The fourth-order valence-corrected chi connectivity index (χ4v) is 5.89. The molecule has 0 aromatic heterocycles. The first-order valence-electron chi connectivity index (χ1n) is 12.8. The third-order valence-electron chi connectivity index (χ3n) is 6.73. The molecule has 1 N–H and O–H groups in total. The first-order chi connectivity index (χ1) is 14.0. The van der Waals surface area contributed by atoms with Crippen molar-refractivity contribution < 1.29 is 9.53 Å². The second-order valence-electron chi connectivity index (χ2n) is 11.8. The lowest BCUT2D eigenvalue weighted by atomic mass is 9.72. The number of nitrogens with one attached hydrogen (secondary N) is 1. The number of carbonyl (C=O) groups is 1. The van der Waals surface area contributed by atoms with E-state index in [1.165, 1.54) is 44.9 Å². The molecular formula is C26H50N2O2. The standard InChI is InChI=1S/C26H50N2O2/c1-8-9-10-15-18-28-22(17-14-12-11-13-16-21(2)3)30-26(23(28)29)19-24(4,5)27-25(6,7)20-26/h21-22,27H,8-20H2,1-7H3. The van der Waals surface area contributed by atoms with Crippen LogP contribution < -0.4 is 5.32 Å². The quantitative estimate of drug-likeness (QED) is 0.369. The Hall–Kier alpha value is -0.610. The summed E-state index contributed by atoms with van der Waals surface area (Å²) >= 11 is 0. The maximum atomic E-state index is 13.7. The SMILES string of the molecule is CCCCCCN1C(=O)C2(CC(C)(C)NC(C)(C)C2)OC1CCCCCCC(C)C. The predicted molar refractivity (Wildman–Crippen MR) is 127 cm³/mol. The highest BCUT2D eigenvalue weighted by molar-refractivity contribution is 5.87. The lowest BCUT2D eigenvalue weighted by Gasteiger charge is -2.49. The van der Waals surface area contributed by atoms with Gasteiger partial charge in [-0.3, -0.25) is 4.79 Å². The summed E-state index contributed by atoms with van der Waals surface area (Å²) in [5.74, 6) is 1.05. The van der Waals surface area contributed by atoms with Crippen LogP contribution >= 0.6 is 0 Å². The third kappa shape index (κ3) is 7.22. The van der Waals surface area contributed by atoms with Gasteiger partial charge in [-0.25, -0.2) is 0 Å². The lowest BCUT2D eigenvalue weighted by molar-refractivity contribution is -0.147. The van der Waals surface area contributed by atoms with Crippen LogP contribution in [0.4, 0.5) is 0 Å². The Labute approximate surface area is 186 Å². The van der Waals surface area contributed by atoms with Gasteiger partial charge in [0.1, 0.15) is 6.23 Å². The van der Waals surface area contributed by atoms with Crippen LogP contribution in [0.25, 0.3) is 0 Å². The molecular weight excluding hydrogens is 372 g/mol. The summed E-state index contributed by atoms with van der Waals surface area (Å²) in [6, 6.07) is 0. The Morgan fingerprint density at radius 1 is 0.967 bits per heavy atom. The highest BCUT2D eigenvalue weighted by Crippen LogP contribution is 2.45. The van der Waals surface area contributed by atoms with Crippen LogP contribution in [0.15, 0.2) is 0 Å². The van der Waals surface area contributed by atoms with Gasteiger partial charge in [0.2, 0.25) is 0 Å². The molecule has 1 atom stereocenters. The summed E-state index contributed by atoms with van der Waals surface area (Å²) in [6.07, 6.45) is 13.6. The van der Waals surface area contributed by atoms with Crippen molar-refractivity contribution in [2.75, 3.05) is 6.54 Å². The van der Waals surface area contributed by atoms with E-state index < -0.39 is 5.60 Å². The molecule has 2 aliphatic heterocycles. The molecule has 4 nitrogen and oxygen atoms in total.